The summed E-state index contributed by atoms with van der Waals surface area (Å²) in [6.45, 7) is 3.73. The average Bonchev–Trinajstić information content (AvgIpc) is 2.51. The highest BCUT2D eigenvalue weighted by Gasteiger charge is 2.33. The van der Waals surface area contributed by atoms with Crippen molar-refractivity contribution in [2.24, 2.45) is 5.73 Å². The molecule has 0 saturated heterocycles. The van der Waals surface area contributed by atoms with Crippen molar-refractivity contribution in [3.05, 3.63) is 23.8 Å². The van der Waals surface area contributed by atoms with Gasteiger partial charge in [-0.2, -0.15) is 0 Å². The second-order valence-corrected chi connectivity index (χ2v) is 5.48. The van der Waals surface area contributed by atoms with Gasteiger partial charge in [-0.3, -0.25) is 14.5 Å². The summed E-state index contributed by atoms with van der Waals surface area (Å²) in [5.41, 5.74) is 7.70. The first-order valence-electron chi connectivity index (χ1n) is 7.56. The van der Waals surface area contributed by atoms with E-state index in [9.17, 15) is 9.59 Å². The van der Waals surface area contributed by atoms with E-state index in [-0.39, 0.29) is 24.4 Å². The van der Waals surface area contributed by atoms with Crippen LogP contribution < -0.4 is 20.7 Å². The number of rotatable bonds is 5. The van der Waals surface area contributed by atoms with Gasteiger partial charge in [0.25, 0.3) is 5.91 Å². The topological polar surface area (TPSA) is 84.7 Å². The number of nitrogens with one attached hydrogen (secondary N) is 1. The molecule has 1 aromatic carbocycles. The normalized spacial score (nSPS) is 18.5. The first-order valence-corrected chi connectivity index (χ1v) is 7.56. The Bertz CT molecular complexity index is 574. The third-order valence-electron chi connectivity index (χ3n) is 3.80. The molecule has 1 aliphatic heterocycles. The monoisotopic (exact) mass is 305 g/mol. The molecule has 0 saturated carbocycles. The Balaban J connectivity index is 2.38. The van der Waals surface area contributed by atoms with Gasteiger partial charge in [-0.25, -0.2) is 0 Å². The van der Waals surface area contributed by atoms with E-state index in [2.05, 4.69) is 12.2 Å². The predicted molar refractivity (Wildman–Crippen MR) is 84.8 cm³/mol. The molecule has 22 heavy (non-hydrogen) atoms. The zero-order valence-electron chi connectivity index (χ0n) is 13.3. The number of fused-ring (bicyclic) bond motifs is 1. The molecule has 6 nitrogen and oxygen atoms in total. The molecule has 1 aliphatic rings. The number of hydrogen-bond donors (Lipinski definition) is 2. The molecular weight excluding hydrogens is 282 g/mol. The Morgan fingerprint density at radius 2 is 2.23 bits per heavy atom. The molecule has 2 unspecified atom stereocenters. The molecule has 6 heteroatoms. The first-order chi connectivity index (χ1) is 10.5. The van der Waals surface area contributed by atoms with Crippen LogP contribution in [0.4, 0.5) is 5.69 Å². The van der Waals surface area contributed by atoms with E-state index >= 15 is 0 Å². The van der Waals surface area contributed by atoms with Gasteiger partial charge >= 0.3 is 0 Å². The van der Waals surface area contributed by atoms with E-state index in [1.54, 1.807) is 14.0 Å². The van der Waals surface area contributed by atoms with Crippen LogP contribution in [-0.2, 0) is 9.59 Å². The van der Waals surface area contributed by atoms with Crippen LogP contribution in [0.2, 0.25) is 0 Å². The second-order valence-electron chi connectivity index (χ2n) is 5.48. The zero-order valence-corrected chi connectivity index (χ0v) is 13.3. The van der Waals surface area contributed by atoms with Crippen molar-refractivity contribution in [2.45, 2.75) is 38.8 Å². The molecule has 2 amide bonds. The van der Waals surface area contributed by atoms with Crippen molar-refractivity contribution < 1.29 is 14.3 Å². The molecule has 0 radical (unpaired) electrons. The van der Waals surface area contributed by atoms with Gasteiger partial charge in [0, 0.05) is 13.1 Å². The average molecular weight is 305 g/mol. The SMILES string of the molecule is CCCC(N)c1ccc2c(c1)N(CC(=O)NC)C(=O)C(C)O2. The van der Waals surface area contributed by atoms with Gasteiger partial charge < -0.3 is 15.8 Å². The summed E-state index contributed by atoms with van der Waals surface area (Å²) in [6, 6.07) is 5.49. The highest BCUT2D eigenvalue weighted by atomic mass is 16.5. The number of benzene rings is 1. The minimum absolute atomic E-state index is 0.0253. The Hall–Kier alpha value is -2.08. The number of hydrogen-bond acceptors (Lipinski definition) is 4. The van der Waals surface area contributed by atoms with Gasteiger partial charge in [-0.05, 0) is 31.0 Å². The molecule has 0 bridgehead atoms. The minimum atomic E-state index is -0.604. The fourth-order valence-electron chi connectivity index (χ4n) is 2.52. The van der Waals surface area contributed by atoms with E-state index in [4.69, 9.17) is 10.5 Å². The number of nitrogens with two attached hydrogens (primary N) is 1. The number of amides is 2. The smallest absolute Gasteiger partial charge is 0.268 e. The molecule has 1 aromatic rings. The summed E-state index contributed by atoms with van der Waals surface area (Å²) < 4.78 is 5.62. The van der Waals surface area contributed by atoms with Crippen LogP contribution in [0.1, 0.15) is 38.3 Å². The lowest BCUT2D eigenvalue weighted by Crippen LogP contribution is -2.48. The van der Waals surface area contributed by atoms with Gasteiger partial charge in [0.15, 0.2) is 6.10 Å². The van der Waals surface area contributed by atoms with Crippen LogP contribution in [-0.4, -0.2) is 31.5 Å². The van der Waals surface area contributed by atoms with Crippen molar-refractivity contribution in [1.82, 2.24) is 5.32 Å². The second kappa shape index (κ2) is 6.79. The van der Waals surface area contributed by atoms with Crippen LogP contribution in [0.15, 0.2) is 18.2 Å². The van der Waals surface area contributed by atoms with Crippen molar-refractivity contribution in [3.8, 4) is 5.75 Å². The third-order valence-corrected chi connectivity index (χ3v) is 3.80. The Labute approximate surface area is 130 Å². The summed E-state index contributed by atoms with van der Waals surface area (Å²) in [5, 5.41) is 2.54. The standard InChI is InChI=1S/C16H23N3O3/c1-4-5-12(17)11-6-7-14-13(8-11)19(9-15(20)18-3)16(21)10(2)22-14/h6-8,10,12H,4-5,9,17H2,1-3H3,(H,18,20). The molecule has 0 aliphatic carbocycles. The fourth-order valence-corrected chi connectivity index (χ4v) is 2.52. The summed E-state index contributed by atoms with van der Waals surface area (Å²) in [7, 11) is 1.55. The number of carbonyl (C=O) groups is 2. The number of carbonyl (C=O) groups excluding carboxylic acids is 2. The molecule has 1 heterocycles. The number of ether oxygens (including phenoxy) is 1. The summed E-state index contributed by atoms with van der Waals surface area (Å²) in [6.07, 6.45) is 1.24. The van der Waals surface area contributed by atoms with Crippen LogP contribution in [0.5, 0.6) is 5.75 Å². The minimum Gasteiger partial charge on any atom is -0.479 e. The summed E-state index contributed by atoms with van der Waals surface area (Å²) in [5.74, 6) is 0.150. The molecule has 3 N–H and O–H groups in total. The van der Waals surface area contributed by atoms with E-state index in [0.29, 0.717) is 11.4 Å². The van der Waals surface area contributed by atoms with Crippen LogP contribution >= 0.6 is 0 Å². The maximum Gasteiger partial charge on any atom is 0.268 e. The molecule has 2 atom stereocenters. The highest BCUT2D eigenvalue weighted by molar-refractivity contribution is 6.03. The van der Waals surface area contributed by atoms with Gasteiger partial charge in [0.1, 0.15) is 12.3 Å². The lowest BCUT2D eigenvalue weighted by atomic mass is 10.0. The van der Waals surface area contributed by atoms with E-state index in [0.717, 1.165) is 18.4 Å². The molecule has 0 aromatic heterocycles. The predicted octanol–water partition coefficient (Wildman–Crippen LogP) is 1.35. The van der Waals surface area contributed by atoms with Crippen LogP contribution in [0, 0.1) is 0 Å². The van der Waals surface area contributed by atoms with Crippen LogP contribution in [0.25, 0.3) is 0 Å². The van der Waals surface area contributed by atoms with Crippen molar-refractivity contribution in [3.63, 3.8) is 0 Å². The van der Waals surface area contributed by atoms with E-state index < -0.39 is 6.10 Å². The fraction of sp³-hybridized carbons (Fsp3) is 0.500. The first kappa shape index (κ1) is 16.3. The number of anilines is 1. The summed E-state index contributed by atoms with van der Waals surface area (Å²) in [4.78, 5) is 25.5. The van der Waals surface area contributed by atoms with Gasteiger partial charge in [0.05, 0.1) is 5.69 Å². The Kier molecular flexibility index (Phi) is 5.03. The van der Waals surface area contributed by atoms with Crippen molar-refractivity contribution in [1.29, 1.82) is 0 Å². The highest BCUT2D eigenvalue weighted by Crippen LogP contribution is 2.36. The number of nitrogens with zero attached hydrogens (tertiary/aromatic N) is 1. The maximum atomic E-state index is 12.3. The molecule has 2 rings (SSSR count). The Morgan fingerprint density at radius 3 is 2.86 bits per heavy atom. The Morgan fingerprint density at radius 1 is 1.50 bits per heavy atom. The van der Waals surface area contributed by atoms with Gasteiger partial charge in [0.2, 0.25) is 5.91 Å². The van der Waals surface area contributed by atoms with Crippen LogP contribution in [0.3, 0.4) is 0 Å². The zero-order chi connectivity index (χ0) is 16.3. The largest absolute Gasteiger partial charge is 0.479 e. The maximum absolute atomic E-state index is 12.3. The van der Waals surface area contributed by atoms with Gasteiger partial charge in [-0.1, -0.05) is 19.4 Å². The van der Waals surface area contributed by atoms with Crippen molar-refractivity contribution >= 4 is 17.5 Å². The molecule has 0 fully saturated rings. The molecular formula is C16H23N3O3. The molecule has 0 spiro atoms. The van der Waals surface area contributed by atoms with Crippen molar-refractivity contribution in [2.75, 3.05) is 18.5 Å². The lowest BCUT2D eigenvalue weighted by Gasteiger charge is -2.33. The third kappa shape index (κ3) is 3.22. The van der Waals surface area contributed by atoms with Gasteiger partial charge in [-0.15, -0.1) is 0 Å². The number of likely N-dealkylation sites (N-methyl/N-ethyl adjacent to an activating group) is 1. The molecule has 120 valence electrons. The quantitative estimate of drug-likeness (QED) is 0.860. The lowest BCUT2D eigenvalue weighted by molar-refractivity contribution is -0.128. The van der Waals surface area contributed by atoms with E-state index in [1.807, 2.05) is 18.2 Å². The van der Waals surface area contributed by atoms with E-state index in [1.165, 1.54) is 4.90 Å². The summed E-state index contributed by atoms with van der Waals surface area (Å²) >= 11 is 0.